The first-order chi connectivity index (χ1) is 10.6. The highest BCUT2D eigenvalue weighted by molar-refractivity contribution is 9.10. The lowest BCUT2D eigenvalue weighted by atomic mass is 10.0. The minimum absolute atomic E-state index is 0.0691. The largest absolute Gasteiger partial charge is 0.303 e. The maximum atomic E-state index is 12.8. The van der Waals surface area contributed by atoms with E-state index in [4.69, 9.17) is 0 Å². The predicted octanol–water partition coefficient (Wildman–Crippen LogP) is 2.35. The molecule has 116 valence electrons. The number of nitrogens with one attached hydrogen (secondary N) is 1. The highest BCUT2D eigenvalue weighted by Crippen LogP contribution is 2.27. The van der Waals surface area contributed by atoms with E-state index in [0.29, 0.717) is 5.95 Å². The zero-order valence-corrected chi connectivity index (χ0v) is 14.0. The number of nitrogens with zero attached hydrogens (tertiary/aromatic N) is 4. The molecule has 1 fully saturated rings. The maximum absolute atomic E-state index is 12.8. The smallest absolute Gasteiger partial charge is 0.248 e. The van der Waals surface area contributed by atoms with Gasteiger partial charge in [0.1, 0.15) is 12.4 Å². The summed E-state index contributed by atoms with van der Waals surface area (Å²) in [4.78, 5) is 15.0. The molecule has 1 aromatic carbocycles. The van der Waals surface area contributed by atoms with Gasteiger partial charge in [-0.25, -0.2) is 0 Å². The summed E-state index contributed by atoms with van der Waals surface area (Å²) in [5.74, 6) is 0.395. The molecule has 1 aromatic heterocycles. The number of aryl methyl sites for hydroxylation is 1. The van der Waals surface area contributed by atoms with Crippen LogP contribution in [0.1, 0.15) is 24.4 Å². The fraction of sp³-hybridized carbons (Fsp3) is 0.400. The van der Waals surface area contributed by atoms with Crippen molar-refractivity contribution < 1.29 is 4.79 Å². The number of halogens is 1. The van der Waals surface area contributed by atoms with Crippen molar-refractivity contribution >= 4 is 27.8 Å². The molecule has 0 radical (unpaired) electrons. The summed E-state index contributed by atoms with van der Waals surface area (Å²) in [5, 5.41) is 10.6. The molecular formula is C15H18BrN5O. The molecule has 1 N–H and O–H groups in total. The lowest BCUT2D eigenvalue weighted by Crippen LogP contribution is -2.36. The highest BCUT2D eigenvalue weighted by atomic mass is 79.9. The van der Waals surface area contributed by atoms with Gasteiger partial charge in [-0.2, -0.15) is 0 Å². The molecule has 2 aromatic rings. The zero-order valence-electron chi connectivity index (χ0n) is 12.4. The fourth-order valence-corrected chi connectivity index (χ4v) is 3.01. The van der Waals surface area contributed by atoms with E-state index in [1.54, 1.807) is 17.9 Å². The standard InChI is InChI=1S/C15H18BrN5O/c1-20-10-17-19-15(20)18-14(22)13(21-8-2-3-9-21)11-4-6-12(16)7-5-11/h4-7,10,13H,2-3,8-9H2,1H3,(H,18,19,22). The topological polar surface area (TPSA) is 63.1 Å². The molecule has 1 aliphatic rings. The third kappa shape index (κ3) is 3.20. The van der Waals surface area contributed by atoms with Crippen molar-refractivity contribution in [3.8, 4) is 0 Å². The molecule has 1 amide bonds. The minimum atomic E-state index is -0.299. The first-order valence-corrected chi connectivity index (χ1v) is 8.09. The van der Waals surface area contributed by atoms with Crippen LogP contribution in [0.3, 0.4) is 0 Å². The van der Waals surface area contributed by atoms with E-state index in [2.05, 4.69) is 36.3 Å². The summed E-state index contributed by atoms with van der Waals surface area (Å²) < 4.78 is 2.70. The first-order valence-electron chi connectivity index (χ1n) is 7.29. The number of carbonyl (C=O) groups is 1. The number of aromatic nitrogens is 3. The number of anilines is 1. The van der Waals surface area contributed by atoms with Crippen molar-refractivity contribution in [2.45, 2.75) is 18.9 Å². The Hall–Kier alpha value is -1.73. The van der Waals surface area contributed by atoms with Crippen LogP contribution < -0.4 is 5.32 Å². The van der Waals surface area contributed by atoms with Gasteiger partial charge < -0.3 is 4.57 Å². The fourth-order valence-electron chi connectivity index (χ4n) is 2.75. The van der Waals surface area contributed by atoms with Gasteiger partial charge in [-0.3, -0.25) is 15.0 Å². The molecule has 22 heavy (non-hydrogen) atoms. The summed E-state index contributed by atoms with van der Waals surface area (Å²) in [6, 6.07) is 7.61. The van der Waals surface area contributed by atoms with Gasteiger partial charge in [0.25, 0.3) is 0 Å². The molecule has 1 unspecified atom stereocenters. The number of likely N-dealkylation sites (tertiary alicyclic amines) is 1. The van der Waals surface area contributed by atoms with Crippen molar-refractivity contribution in [3.05, 3.63) is 40.6 Å². The van der Waals surface area contributed by atoms with Crippen LogP contribution in [0.5, 0.6) is 0 Å². The summed E-state index contributed by atoms with van der Waals surface area (Å²) in [7, 11) is 1.81. The molecule has 0 spiro atoms. The maximum Gasteiger partial charge on any atom is 0.248 e. The average Bonchev–Trinajstić information content (AvgIpc) is 3.15. The Morgan fingerprint density at radius 3 is 2.55 bits per heavy atom. The lowest BCUT2D eigenvalue weighted by molar-refractivity contribution is -0.121. The van der Waals surface area contributed by atoms with Crippen LogP contribution in [0.2, 0.25) is 0 Å². The van der Waals surface area contributed by atoms with E-state index in [9.17, 15) is 4.79 Å². The number of benzene rings is 1. The highest BCUT2D eigenvalue weighted by Gasteiger charge is 2.30. The molecule has 1 aliphatic heterocycles. The van der Waals surface area contributed by atoms with Crippen molar-refractivity contribution in [2.75, 3.05) is 18.4 Å². The second-order valence-electron chi connectivity index (χ2n) is 5.45. The van der Waals surface area contributed by atoms with E-state index >= 15 is 0 Å². The van der Waals surface area contributed by atoms with Crippen molar-refractivity contribution in [3.63, 3.8) is 0 Å². The van der Waals surface area contributed by atoms with Gasteiger partial charge >= 0.3 is 0 Å². The van der Waals surface area contributed by atoms with Gasteiger partial charge in [-0.15, -0.1) is 10.2 Å². The Bertz CT molecular complexity index is 648. The molecule has 0 aliphatic carbocycles. The monoisotopic (exact) mass is 363 g/mol. The van der Waals surface area contributed by atoms with Gasteiger partial charge in [0.15, 0.2) is 0 Å². The van der Waals surface area contributed by atoms with Crippen LogP contribution in [0, 0.1) is 0 Å². The van der Waals surface area contributed by atoms with Gasteiger partial charge in [0, 0.05) is 11.5 Å². The number of rotatable bonds is 4. The van der Waals surface area contributed by atoms with E-state index < -0.39 is 0 Å². The Balaban J connectivity index is 1.86. The van der Waals surface area contributed by atoms with Crippen LogP contribution in [-0.2, 0) is 11.8 Å². The molecule has 6 nitrogen and oxygen atoms in total. The zero-order chi connectivity index (χ0) is 15.5. The molecule has 2 heterocycles. The van der Waals surface area contributed by atoms with Crippen LogP contribution >= 0.6 is 15.9 Å². The lowest BCUT2D eigenvalue weighted by Gasteiger charge is -2.26. The van der Waals surface area contributed by atoms with Gasteiger partial charge in [0.05, 0.1) is 0 Å². The van der Waals surface area contributed by atoms with Crippen molar-refractivity contribution in [1.29, 1.82) is 0 Å². The Labute approximate surface area is 137 Å². The summed E-state index contributed by atoms with van der Waals surface area (Å²) in [6.07, 6.45) is 3.83. The van der Waals surface area contributed by atoms with Gasteiger partial charge in [-0.1, -0.05) is 28.1 Å². The number of hydrogen-bond acceptors (Lipinski definition) is 4. The third-order valence-corrected chi connectivity index (χ3v) is 4.41. The first kappa shape index (κ1) is 15.2. The third-order valence-electron chi connectivity index (χ3n) is 3.89. The van der Waals surface area contributed by atoms with E-state index in [-0.39, 0.29) is 11.9 Å². The molecular weight excluding hydrogens is 346 g/mol. The number of carbonyl (C=O) groups excluding carboxylic acids is 1. The minimum Gasteiger partial charge on any atom is -0.303 e. The number of hydrogen-bond donors (Lipinski definition) is 1. The number of amides is 1. The summed E-state index contributed by atoms with van der Waals surface area (Å²) >= 11 is 3.44. The molecule has 7 heteroatoms. The van der Waals surface area contributed by atoms with Crippen molar-refractivity contribution in [2.24, 2.45) is 7.05 Å². The van der Waals surface area contributed by atoms with Gasteiger partial charge in [0.2, 0.25) is 11.9 Å². The van der Waals surface area contributed by atoms with E-state index in [0.717, 1.165) is 36.0 Å². The second-order valence-corrected chi connectivity index (χ2v) is 6.37. The van der Waals surface area contributed by atoms with Crippen LogP contribution in [0.15, 0.2) is 35.1 Å². The molecule has 1 atom stereocenters. The predicted molar refractivity (Wildman–Crippen MR) is 87.3 cm³/mol. The molecule has 1 saturated heterocycles. The summed E-state index contributed by atoms with van der Waals surface area (Å²) in [5.41, 5.74) is 0.991. The van der Waals surface area contributed by atoms with Crippen LogP contribution in [0.25, 0.3) is 0 Å². The van der Waals surface area contributed by atoms with E-state index in [1.807, 2.05) is 24.3 Å². The van der Waals surface area contributed by atoms with Crippen LogP contribution in [0.4, 0.5) is 5.95 Å². The normalized spacial score (nSPS) is 16.6. The second kappa shape index (κ2) is 6.58. The van der Waals surface area contributed by atoms with Gasteiger partial charge in [-0.05, 0) is 43.6 Å². The summed E-state index contributed by atoms with van der Waals surface area (Å²) in [6.45, 7) is 1.87. The van der Waals surface area contributed by atoms with E-state index in [1.165, 1.54) is 0 Å². The van der Waals surface area contributed by atoms with Crippen molar-refractivity contribution in [1.82, 2.24) is 19.7 Å². The molecule has 3 rings (SSSR count). The SMILES string of the molecule is Cn1cnnc1NC(=O)C(c1ccc(Br)cc1)N1CCCC1. The average molecular weight is 364 g/mol. The Kier molecular flexibility index (Phi) is 4.54. The van der Waals surface area contributed by atoms with Crippen LogP contribution in [-0.4, -0.2) is 38.7 Å². The molecule has 0 bridgehead atoms. The quantitative estimate of drug-likeness (QED) is 0.905. The Morgan fingerprint density at radius 2 is 1.95 bits per heavy atom. The Morgan fingerprint density at radius 1 is 1.27 bits per heavy atom. The molecule has 0 saturated carbocycles.